The van der Waals surface area contributed by atoms with E-state index in [0.29, 0.717) is 13.1 Å². The smallest absolute Gasteiger partial charge is 0.310 e. The standard InChI is InChI=1S/C18H29NO3/c1-4-7-8-9-10-11-12-16(18(21)22)15-17(20)19(13-5-2)14-6-3/h5-6,11-12,16H,2-4,7-10,13-15H2,1H3,(H,21,22)/b12-11+. The highest BCUT2D eigenvalue weighted by Gasteiger charge is 2.21. The van der Waals surface area contributed by atoms with Gasteiger partial charge in [0, 0.05) is 19.5 Å². The number of hydrogen-bond donors (Lipinski definition) is 1. The molecule has 0 radical (unpaired) electrons. The van der Waals surface area contributed by atoms with Gasteiger partial charge >= 0.3 is 5.97 Å². The summed E-state index contributed by atoms with van der Waals surface area (Å²) in [4.78, 5) is 25.0. The first kappa shape index (κ1) is 20.2. The van der Waals surface area contributed by atoms with Gasteiger partial charge in [0.1, 0.15) is 0 Å². The van der Waals surface area contributed by atoms with Crippen LogP contribution in [0.4, 0.5) is 0 Å². The van der Waals surface area contributed by atoms with E-state index >= 15 is 0 Å². The molecule has 0 aromatic heterocycles. The van der Waals surface area contributed by atoms with Crippen molar-refractivity contribution in [2.24, 2.45) is 5.92 Å². The van der Waals surface area contributed by atoms with E-state index in [2.05, 4.69) is 20.1 Å². The lowest BCUT2D eigenvalue weighted by molar-refractivity contribution is -0.143. The number of allylic oxidation sites excluding steroid dienone is 1. The number of carbonyl (C=O) groups is 2. The molecule has 124 valence electrons. The van der Waals surface area contributed by atoms with Crippen LogP contribution in [0.25, 0.3) is 0 Å². The molecule has 0 aliphatic carbocycles. The Hall–Kier alpha value is -1.84. The lowest BCUT2D eigenvalue weighted by Gasteiger charge is -2.20. The zero-order chi connectivity index (χ0) is 16.8. The van der Waals surface area contributed by atoms with E-state index in [9.17, 15) is 14.7 Å². The highest BCUT2D eigenvalue weighted by Crippen LogP contribution is 2.11. The summed E-state index contributed by atoms with van der Waals surface area (Å²) in [5.41, 5.74) is 0. The molecule has 1 unspecified atom stereocenters. The third-order valence-electron chi connectivity index (χ3n) is 3.36. The van der Waals surface area contributed by atoms with Gasteiger partial charge in [0.15, 0.2) is 0 Å². The van der Waals surface area contributed by atoms with Gasteiger partial charge in [-0.3, -0.25) is 9.59 Å². The van der Waals surface area contributed by atoms with Crippen molar-refractivity contribution in [2.75, 3.05) is 13.1 Å². The minimum absolute atomic E-state index is 0.0253. The Bertz CT molecular complexity index is 378. The molecule has 0 rings (SSSR count). The first-order chi connectivity index (χ1) is 10.6. The van der Waals surface area contributed by atoms with Crippen molar-refractivity contribution in [3.63, 3.8) is 0 Å². The second kappa shape index (κ2) is 12.9. The van der Waals surface area contributed by atoms with Crippen molar-refractivity contribution in [2.45, 2.75) is 45.4 Å². The van der Waals surface area contributed by atoms with Crippen LogP contribution in [-0.2, 0) is 9.59 Å². The average molecular weight is 307 g/mol. The maximum Gasteiger partial charge on any atom is 0.310 e. The minimum Gasteiger partial charge on any atom is -0.481 e. The number of nitrogens with zero attached hydrogens (tertiary/aromatic N) is 1. The fourth-order valence-corrected chi connectivity index (χ4v) is 2.09. The number of carboxylic acid groups (broad SMARTS) is 1. The molecular formula is C18H29NO3. The molecule has 0 aromatic carbocycles. The van der Waals surface area contributed by atoms with Gasteiger partial charge in [0.05, 0.1) is 5.92 Å². The number of aliphatic carboxylic acids is 1. The number of amides is 1. The zero-order valence-corrected chi connectivity index (χ0v) is 13.7. The van der Waals surface area contributed by atoms with Gasteiger partial charge in [-0.1, -0.05) is 50.5 Å². The molecule has 0 bridgehead atoms. The van der Waals surface area contributed by atoms with E-state index in [-0.39, 0.29) is 12.3 Å². The highest BCUT2D eigenvalue weighted by atomic mass is 16.4. The van der Waals surface area contributed by atoms with Crippen molar-refractivity contribution in [3.05, 3.63) is 37.5 Å². The molecule has 4 nitrogen and oxygen atoms in total. The van der Waals surface area contributed by atoms with Crippen molar-refractivity contribution < 1.29 is 14.7 Å². The van der Waals surface area contributed by atoms with E-state index in [1.807, 2.05) is 6.08 Å². The maximum absolute atomic E-state index is 12.1. The molecule has 0 spiro atoms. The molecule has 4 heteroatoms. The van der Waals surface area contributed by atoms with Gasteiger partial charge in [-0.2, -0.15) is 0 Å². The summed E-state index contributed by atoms with van der Waals surface area (Å²) in [7, 11) is 0. The van der Waals surface area contributed by atoms with Crippen LogP contribution in [-0.4, -0.2) is 35.0 Å². The molecule has 0 saturated carbocycles. The van der Waals surface area contributed by atoms with Crippen LogP contribution in [0.15, 0.2) is 37.5 Å². The van der Waals surface area contributed by atoms with Crippen molar-refractivity contribution >= 4 is 11.9 Å². The minimum atomic E-state index is -0.963. The van der Waals surface area contributed by atoms with E-state index in [1.54, 1.807) is 23.1 Å². The molecule has 0 aliphatic rings. The van der Waals surface area contributed by atoms with E-state index in [0.717, 1.165) is 19.3 Å². The Balaban J connectivity index is 4.46. The van der Waals surface area contributed by atoms with E-state index in [1.165, 1.54) is 12.8 Å². The Labute approximate surface area is 134 Å². The van der Waals surface area contributed by atoms with Gasteiger partial charge in [-0.05, 0) is 12.8 Å². The van der Waals surface area contributed by atoms with Crippen LogP contribution in [0.2, 0.25) is 0 Å². The summed E-state index contributed by atoms with van der Waals surface area (Å²) in [6.45, 7) is 10.2. The fraction of sp³-hybridized carbons (Fsp3) is 0.556. The molecule has 1 N–H and O–H groups in total. The average Bonchev–Trinajstić information content (AvgIpc) is 2.48. The predicted molar refractivity (Wildman–Crippen MR) is 90.6 cm³/mol. The van der Waals surface area contributed by atoms with Gasteiger partial charge in [0.2, 0.25) is 5.91 Å². The molecule has 1 amide bonds. The Morgan fingerprint density at radius 3 is 2.27 bits per heavy atom. The van der Waals surface area contributed by atoms with Crippen molar-refractivity contribution in [3.8, 4) is 0 Å². The summed E-state index contributed by atoms with van der Waals surface area (Å²) in [5, 5.41) is 9.24. The van der Waals surface area contributed by atoms with Crippen LogP contribution >= 0.6 is 0 Å². The number of carbonyl (C=O) groups excluding carboxylic acids is 1. The number of rotatable bonds is 13. The Morgan fingerprint density at radius 2 is 1.77 bits per heavy atom. The summed E-state index contributed by atoms with van der Waals surface area (Å²) < 4.78 is 0. The Morgan fingerprint density at radius 1 is 1.14 bits per heavy atom. The van der Waals surface area contributed by atoms with Crippen LogP contribution in [0, 0.1) is 5.92 Å². The predicted octanol–water partition coefficient (Wildman–Crippen LogP) is 3.80. The normalized spacial score (nSPS) is 12.0. The molecule has 0 saturated heterocycles. The molecule has 1 atom stereocenters. The molecule has 0 aromatic rings. The van der Waals surface area contributed by atoms with Gasteiger partial charge in [-0.25, -0.2) is 0 Å². The summed E-state index contributed by atoms with van der Waals surface area (Å²) >= 11 is 0. The van der Waals surface area contributed by atoms with Crippen molar-refractivity contribution in [1.82, 2.24) is 4.90 Å². The third kappa shape index (κ3) is 9.16. The molecular weight excluding hydrogens is 278 g/mol. The monoisotopic (exact) mass is 307 g/mol. The number of carboxylic acids is 1. The van der Waals surface area contributed by atoms with Crippen LogP contribution < -0.4 is 0 Å². The number of unbranched alkanes of at least 4 members (excludes halogenated alkanes) is 4. The van der Waals surface area contributed by atoms with Gasteiger partial charge in [0.25, 0.3) is 0 Å². The summed E-state index contributed by atoms with van der Waals surface area (Å²) in [6, 6.07) is 0. The third-order valence-corrected chi connectivity index (χ3v) is 3.36. The second-order valence-electron chi connectivity index (χ2n) is 5.30. The lowest BCUT2D eigenvalue weighted by atomic mass is 10.0. The molecule has 22 heavy (non-hydrogen) atoms. The second-order valence-corrected chi connectivity index (χ2v) is 5.30. The van der Waals surface area contributed by atoms with E-state index < -0.39 is 11.9 Å². The fourth-order valence-electron chi connectivity index (χ4n) is 2.09. The van der Waals surface area contributed by atoms with Crippen LogP contribution in [0.1, 0.15) is 45.4 Å². The highest BCUT2D eigenvalue weighted by molar-refractivity contribution is 5.83. The number of hydrogen-bond acceptors (Lipinski definition) is 2. The Kier molecular flexibility index (Phi) is 11.8. The molecule has 0 aliphatic heterocycles. The van der Waals surface area contributed by atoms with E-state index in [4.69, 9.17) is 0 Å². The topological polar surface area (TPSA) is 57.6 Å². The van der Waals surface area contributed by atoms with Crippen molar-refractivity contribution in [1.29, 1.82) is 0 Å². The zero-order valence-electron chi connectivity index (χ0n) is 13.7. The van der Waals surface area contributed by atoms with Crippen LogP contribution in [0.5, 0.6) is 0 Å². The summed E-state index contributed by atoms with van der Waals surface area (Å²) in [6.07, 6.45) is 12.2. The molecule has 0 heterocycles. The van der Waals surface area contributed by atoms with Gasteiger partial charge < -0.3 is 10.0 Å². The lowest BCUT2D eigenvalue weighted by Crippen LogP contribution is -2.33. The molecule has 0 fully saturated rings. The first-order valence-electron chi connectivity index (χ1n) is 7.95. The maximum atomic E-state index is 12.1. The quantitative estimate of drug-likeness (QED) is 0.416. The summed E-state index contributed by atoms with van der Waals surface area (Å²) in [5.74, 6) is -1.92. The van der Waals surface area contributed by atoms with Gasteiger partial charge in [-0.15, -0.1) is 13.2 Å². The SMILES string of the molecule is C=CCN(CC=C)C(=O)CC(/C=C/CCCCCC)C(=O)O. The van der Waals surface area contributed by atoms with Crippen LogP contribution in [0.3, 0.4) is 0 Å². The largest absolute Gasteiger partial charge is 0.481 e. The first-order valence-corrected chi connectivity index (χ1v) is 7.95.